The van der Waals surface area contributed by atoms with Gasteiger partial charge in [-0.2, -0.15) is 0 Å². The summed E-state index contributed by atoms with van der Waals surface area (Å²) in [6, 6.07) is 4.40. The zero-order chi connectivity index (χ0) is 21.1. The summed E-state index contributed by atoms with van der Waals surface area (Å²) in [6.45, 7) is 2.48. The van der Waals surface area contributed by atoms with Gasteiger partial charge in [-0.15, -0.1) is 0 Å². The molecule has 0 spiro atoms. The summed E-state index contributed by atoms with van der Waals surface area (Å²) in [4.78, 5) is 21.5. The van der Waals surface area contributed by atoms with Crippen molar-refractivity contribution >= 4 is 23.5 Å². The summed E-state index contributed by atoms with van der Waals surface area (Å²) >= 11 is 5.86. The Morgan fingerprint density at radius 1 is 1.27 bits per heavy atom. The summed E-state index contributed by atoms with van der Waals surface area (Å²) in [5, 5.41) is 9.32. The van der Waals surface area contributed by atoms with E-state index in [9.17, 15) is 9.18 Å². The first-order chi connectivity index (χ1) is 14.5. The zero-order valence-corrected chi connectivity index (χ0v) is 17.4. The van der Waals surface area contributed by atoms with E-state index in [-0.39, 0.29) is 12.0 Å². The second-order valence-corrected chi connectivity index (χ2v) is 8.58. The predicted octanol–water partition coefficient (Wildman–Crippen LogP) is 4.22. The Balaban J connectivity index is 1.18. The SMILES string of the molecule is O=C(O)Cc1ccc(OCC[C@@H]2CC2C2CCN(c3ncc(Cl)cn3)CC2)cc1F. The van der Waals surface area contributed by atoms with E-state index in [2.05, 4.69) is 14.9 Å². The Kier molecular flexibility index (Phi) is 6.37. The third-order valence-electron chi connectivity index (χ3n) is 6.14. The van der Waals surface area contributed by atoms with Gasteiger partial charge in [-0.25, -0.2) is 14.4 Å². The van der Waals surface area contributed by atoms with E-state index in [1.54, 1.807) is 18.5 Å². The van der Waals surface area contributed by atoms with Crippen molar-refractivity contribution in [2.75, 3.05) is 24.6 Å². The number of hydrogen-bond donors (Lipinski definition) is 1. The molecule has 6 nitrogen and oxygen atoms in total. The van der Waals surface area contributed by atoms with Crippen LogP contribution in [0.5, 0.6) is 5.75 Å². The van der Waals surface area contributed by atoms with Crippen LogP contribution in [0.25, 0.3) is 0 Å². The Bertz CT molecular complexity index is 888. The van der Waals surface area contributed by atoms with Crippen molar-refractivity contribution in [3.63, 3.8) is 0 Å². The number of carboxylic acids is 1. The number of ether oxygens (including phenoxy) is 1. The van der Waals surface area contributed by atoms with Crippen molar-refractivity contribution < 1.29 is 19.0 Å². The van der Waals surface area contributed by atoms with E-state index in [0.29, 0.717) is 23.3 Å². The van der Waals surface area contributed by atoms with Crippen molar-refractivity contribution in [2.24, 2.45) is 17.8 Å². The molecule has 2 aromatic rings. The van der Waals surface area contributed by atoms with Crippen molar-refractivity contribution in [3.8, 4) is 5.75 Å². The van der Waals surface area contributed by atoms with Crippen LogP contribution in [0.3, 0.4) is 0 Å². The van der Waals surface area contributed by atoms with E-state index in [1.165, 1.54) is 18.6 Å². The summed E-state index contributed by atoms with van der Waals surface area (Å²) in [6.07, 6.45) is 7.44. The average Bonchev–Trinajstić information content (AvgIpc) is 3.50. The molecule has 160 valence electrons. The minimum atomic E-state index is -1.05. The highest BCUT2D eigenvalue weighted by molar-refractivity contribution is 6.30. The number of carboxylic acid groups (broad SMARTS) is 1. The summed E-state index contributed by atoms with van der Waals surface area (Å²) in [5.74, 6) is 1.77. The van der Waals surface area contributed by atoms with Gasteiger partial charge in [0.05, 0.1) is 30.4 Å². The molecule has 2 atom stereocenters. The van der Waals surface area contributed by atoms with Crippen molar-refractivity contribution in [1.29, 1.82) is 0 Å². The summed E-state index contributed by atoms with van der Waals surface area (Å²) in [5.41, 5.74) is 0.174. The van der Waals surface area contributed by atoms with Crippen LogP contribution in [0.1, 0.15) is 31.2 Å². The minimum Gasteiger partial charge on any atom is -0.493 e. The molecule has 2 aliphatic rings. The number of nitrogens with zero attached hydrogens (tertiary/aromatic N) is 3. The molecule has 1 unspecified atom stereocenters. The van der Waals surface area contributed by atoms with Gasteiger partial charge in [0.2, 0.25) is 5.95 Å². The fourth-order valence-electron chi connectivity index (χ4n) is 4.43. The number of aliphatic carboxylic acids is 1. The van der Waals surface area contributed by atoms with Crippen LogP contribution in [0.4, 0.5) is 10.3 Å². The highest BCUT2D eigenvalue weighted by atomic mass is 35.5. The van der Waals surface area contributed by atoms with Crippen molar-refractivity contribution in [3.05, 3.63) is 47.0 Å². The maximum absolute atomic E-state index is 13.9. The van der Waals surface area contributed by atoms with Gasteiger partial charge in [-0.3, -0.25) is 4.79 Å². The maximum atomic E-state index is 13.9. The molecule has 0 bridgehead atoms. The van der Waals surface area contributed by atoms with Crippen LogP contribution in [0, 0.1) is 23.6 Å². The van der Waals surface area contributed by atoms with E-state index < -0.39 is 11.8 Å². The number of piperidine rings is 1. The molecule has 1 aromatic carbocycles. The lowest BCUT2D eigenvalue weighted by Crippen LogP contribution is -2.35. The molecular formula is C22H25ClFN3O3. The van der Waals surface area contributed by atoms with Crippen LogP contribution >= 0.6 is 11.6 Å². The van der Waals surface area contributed by atoms with Crippen LogP contribution in [-0.2, 0) is 11.2 Å². The van der Waals surface area contributed by atoms with Crippen LogP contribution in [0.15, 0.2) is 30.6 Å². The standard InChI is InChI=1S/C22H25ClFN3O3/c23-17-12-25-22(26-13-17)27-6-3-14(4-7-27)19-9-15(19)5-8-30-18-2-1-16(10-21(28)29)20(24)11-18/h1-2,11-15,19H,3-10H2,(H,28,29)/t15-,19?/m1/s1. The lowest BCUT2D eigenvalue weighted by atomic mass is 9.90. The van der Waals surface area contributed by atoms with E-state index >= 15 is 0 Å². The molecule has 1 saturated heterocycles. The third kappa shape index (κ3) is 5.19. The number of aromatic nitrogens is 2. The van der Waals surface area contributed by atoms with Gasteiger partial charge in [0.15, 0.2) is 0 Å². The summed E-state index contributed by atoms with van der Waals surface area (Å²) in [7, 11) is 0. The number of rotatable bonds is 8. The van der Waals surface area contributed by atoms with Crippen molar-refractivity contribution in [2.45, 2.75) is 32.1 Å². The molecule has 30 heavy (non-hydrogen) atoms. The smallest absolute Gasteiger partial charge is 0.307 e. The highest BCUT2D eigenvalue weighted by Gasteiger charge is 2.43. The van der Waals surface area contributed by atoms with Crippen LogP contribution in [0.2, 0.25) is 5.02 Å². The first-order valence-electron chi connectivity index (χ1n) is 10.3. The number of benzene rings is 1. The normalized spacial score (nSPS) is 21.5. The molecule has 1 aliphatic heterocycles. The number of halogens is 2. The molecule has 1 aromatic heterocycles. The van der Waals surface area contributed by atoms with Gasteiger partial charge in [0, 0.05) is 19.2 Å². The average molecular weight is 434 g/mol. The molecule has 4 rings (SSSR count). The molecule has 0 radical (unpaired) electrons. The topological polar surface area (TPSA) is 75.6 Å². The highest BCUT2D eigenvalue weighted by Crippen LogP contribution is 2.49. The Morgan fingerprint density at radius 2 is 2.00 bits per heavy atom. The van der Waals surface area contributed by atoms with Crippen LogP contribution < -0.4 is 9.64 Å². The molecule has 2 fully saturated rings. The largest absolute Gasteiger partial charge is 0.493 e. The second-order valence-electron chi connectivity index (χ2n) is 8.15. The Labute approximate surface area is 180 Å². The molecular weight excluding hydrogens is 409 g/mol. The number of carbonyl (C=O) groups is 1. The minimum absolute atomic E-state index is 0.174. The lowest BCUT2D eigenvalue weighted by Gasteiger charge is -2.32. The summed E-state index contributed by atoms with van der Waals surface area (Å²) < 4.78 is 19.6. The van der Waals surface area contributed by atoms with Gasteiger partial charge >= 0.3 is 5.97 Å². The Morgan fingerprint density at radius 3 is 2.67 bits per heavy atom. The monoisotopic (exact) mass is 433 g/mol. The number of anilines is 1. The van der Waals surface area contributed by atoms with Gasteiger partial charge in [-0.1, -0.05) is 17.7 Å². The quantitative estimate of drug-likeness (QED) is 0.671. The van der Waals surface area contributed by atoms with Gasteiger partial charge in [-0.05, 0) is 55.1 Å². The molecule has 8 heteroatoms. The van der Waals surface area contributed by atoms with E-state index in [0.717, 1.165) is 50.1 Å². The van der Waals surface area contributed by atoms with Gasteiger partial charge in [0.1, 0.15) is 11.6 Å². The molecule has 1 aliphatic carbocycles. The fourth-order valence-corrected chi connectivity index (χ4v) is 4.53. The second kappa shape index (κ2) is 9.16. The first-order valence-corrected chi connectivity index (χ1v) is 10.7. The van der Waals surface area contributed by atoms with Gasteiger partial charge in [0.25, 0.3) is 0 Å². The number of hydrogen-bond acceptors (Lipinski definition) is 5. The van der Waals surface area contributed by atoms with Crippen LogP contribution in [-0.4, -0.2) is 40.7 Å². The Hall–Kier alpha value is -2.41. The van der Waals surface area contributed by atoms with E-state index in [1.807, 2.05) is 0 Å². The lowest BCUT2D eigenvalue weighted by molar-refractivity contribution is -0.136. The maximum Gasteiger partial charge on any atom is 0.307 e. The fraction of sp³-hybridized carbons (Fsp3) is 0.500. The third-order valence-corrected chi connectivity index (χ3v) is 6.33. The van der Waals surface area contributed by atoms with Gasteiger partial charge < -0.3 is 14.7 Å². The van der Waals surface area contributed by atoms with E-state index in [4.69, 9.17) is 21.4 Å². The molecule has 1 N–H and O–H groups in total. The molecule has 2 heterocycles. The molecule has 0 amide bonds. The zero-order valence-electron chi connectivity index (χ0n) is 16.6. The first kappa shape index (κ1) is 20.8. The molecule has 1 saturated carbocycles. The predicted molar refractivity (Wildman–Crippen MR) is 111 cm³/mol. The van der Waals surface area contributed by atoms with Crippen molar-refractivity contribution in [1.82, 2.24) is 9.97 Å².